The van der Waals surface area contributed by atoms with Gasteiger partial charge in [0.15, 0.2) is 5.78 Å². The zero-order chi connectivity index (χ0) is 25.2. The monoisotopic (exact) mass is 506 g/mol. The molecule has 1 aromatic carbocycles. The van der Waals surface area contributed by atoms with Crippen LogP contribution in [0.3, 0.4) is 0 Å². The van der Waals surface area contributed by atoms with E-state index >= 15 is 0 Å². The van der Waals surface area contributed by atoms with Crippen LogP contribution in [0.15, 0.2) is 41.8 Å². The summed E-state index contributed by atoms with van der Waals surface area (Å²) < 4.78 is 13.1. The van der Waals surface area contributed by atoms with E-state index in [-0.39, 0.29) is 29.5 Å². The Labute approximate surface area is 206 Å². The molecule has 1 aromatic heterocycles. The molecule has 0 radical (unpaired) electrons. The Morgan fingerprint density at radius 2 is 1.66 bits per heavy atom. The average molecular weight is 507 g/mol. The molecule has 2 saturated heterocycles. The van der Waals surface area contributed by atoms with Crippen molar-refractivity contribution >= 4 is 23.0 Å². The fourth-order valence-electron chi connectivity index (χ4n) is 4.40. The summed E-state index contributed by atoms with van der Waals surface area (Å²) >= 11 is 1.44. The van der Waals surface area contributed by atoms with Gasteiger partial charge < -0.3 is 10.0 Å². The van der Waals surface area contributed by atoms with Gasteiger partial charge in [0, 0.05) is 24.6 Å². The highest BCUT2D eigenvalue weighted by molar-refractivity contribution is 7.12. The lowest BCUT2D eigenvalue weighted by Crippen LogP contribution is -2.58. The minimum absolute atomic E-state index is 0.0262. The molecule has 9 nitrogen and oxygen atoms in total. The van der Waals surface area contributed by atoms with Crippen molar-refractivity contribution in [3.8, 4) is 12.2 Å². The van der Waals surface area contributed by atoms with Crippen molar-refractivity contribution in [1.82, 2.24) is 9.80 Å². The van der Waals surface area contributed by atoms with Gasteiger partial charge in [0.2, 0.25) is 12.2 Å². The van der Waals surface area contributed by atoms with Gasteiger partial charge >= 0.3 is 0 Å². The third-order valence-corrected chi connectivity index (χ3v) is 7.05. The number of ketones is 1. The lowest BCUT2D eigenvalue weighted by molar-refractivity contribution is -0.188. The molecule has 3 N–H and O–H groups in total. The van der Waals surface area contributed by atoms with Crippen molar-refractivity contribution in [2.24, 2.45) is 5.92 Å². The topological polar surface area (TPSA) is 120 Å². The lowest BCUT2D eigenvalue weighted by Gasteiger charge is -2.44. The Morgan fingerprint density at radius 3 is 2.23 bits per heavy atom. The molecule has 0 aliphatic carbocycles. The van der Waals surface area contributed by atoms with Crippen LogP contribution in [0.1, 0.15) is 39.3 Å². The predicted octanol–water partition coefficient (Wildman–Crippen LogP) is 2.94. The lowest BCUT2D eigenvalue weighted by atomic mass is 9.87. The smallest absolute Gasteiger partial charge is 0.263 e. The van der Waals surface area contributed by atoms with Crippen LogP contribution in [0.5, 0.6) is 0 Å². The zero-order valence-corrected chi connectivity index (χ0v) is 19.7. The molecule has 1 amide bonds. The first-order valence-electron chi connectivity index (χ1n) is 11.1. The Kier molecular flexibility index (Phi) is 10.0. The van der Waals surface area contributed by atoms with E-state index < -0.39 is 6.10 Å². The number of carbonyl (C=O) groups is 2. The normalized spacial score (nSPS) is 20.6. The van der Waals surface area contributed by atoms with Gasteiger partial charge in [-0.3, -0.25) is 24.3 Å². The number of halogens is 1. The number of hydrogen-bond acceptors (Lipinski definition) is 9. The third-order valence-electron chi connectivity index (χ3n) is 6.20. The minimum atomic E-state index is -0.466. The number of aliphatic hydroxyl groups excluding tert-OH is 1. The number of likely N-dealkylation sites (tertiary alicyclic amines) is 2. The molecule has 11 heteroatoms. The van der Waals surface area contributed by atoms with Crippen molar-refractivity contribution in [1.29, 1.82) is 0 Å². The Hall–Kier alpha value is -3.01. The van der Waals surface area contributed by atoms with E-state index in [0.717, 1.165) is 4.88 Å². The van der Waals surface area contributed by atoms with Gasteiger partial charge in [-0.1, -0.05) is 6.07 Å². The van der Waals surface area contributed by atoms with Crippen LogP contribution >= 0.6 is 11.3 Å². The molecule has 2 unspecified atom stereocenters. The molecular formula is C24H27FN2O7S. The molecule has 0 saturated carbocycles. The van der Waals surface area contributed by atoms with Crippen LogP contribution in [0.25, 0.3) is 0 Å². The van der Waals surface area contributed by atoms with Crippen molar-refractivity contribution in [2.75, 3.05) is 26.2 Å². The van der Waals surface area contributed by atoms with Crippen LogP contribution in [0.4, 0.5) is 4.39 Å². The number of nitrogens with zero attached hydrogens (tertiary/aromatic N) is 2. The number of rotatable bonds is 4. The van der Waals surface area contributed by atoms with Gasteiger partial charge in [-0.2, -0.15) is 10.5 Å². The second-order valence-electron chi connectivity index (χ2n) is 8.22. The van der Waals surface area contributed by atoms with E-state index in [1.54, 1.807) is 12.1 Å². The molecule has 35 heavy (non-hydrogen) atoms. The minimum Gasteiger partial charge on any atom is -0.391 e. The van der Waals surface area contributed by atoms with E-state index in [2.05, 4.69) is 14.7 Å². The van der Waals surface area contributed by atoms with Crippen molar-refractivity contribution in [3.63, 3.8) is 0 Å². The Balaban J connectivity index is 0.000000509. The number of Topliss-reactive ketones (excluding diaryl/α,β-unsaturated/α-hetero) is 1. The third kappa shape index (κ3) is 7.24. The highest BCUT2D eigenvalue weighted by atomic mass is 32.1. The highest BCUT2D eigenvalue weighted by Gasteiger charge is 2.37. The summed E-state index contributed by atoms with van der Waals surface area (Å²) in [5.41, 5.74) is 0.551. The molecule has 2 aromatic rings. The van der Waals surface area contributed by atoms with E-state index in [4.69, 9.17) is 10.5 Å². The number of carbonyl (C=O) groups excluding carboxylic acids is 2. The molecule has 0 bridgehead atoms. The van der Waals surface area contributed by atoms with Gasteiger partial charge in [-0.25, -0.2) is 4.39 Å². The Morgan fingerprint density at radius 1 is 1.00 bits per heavy atom. The Bertz CT molecular complexity index is 1010. The maximum absolute atomic E-state index is 13.1. The fourth-order valence-corrected chi connectivity index (χ4v) is 5.09. The number of benzene rings is 1. The summed E-state index contributed by atoms with van der Waals surface area (Å²) in [6, 6.07) is 9.33. The van der Waals surface area contributed by atoms with Crippen LogP contribution in [-0.4, -0.2) is 75.4 Å². The zero-order valence-electron chi connectivity index (χ0n) is 18.9. The molecule has 2 aliphatic heterocycles. The second-order valence-corrected chi connectivity index (χ2v) is 9.17. The molecule has 2 aliphatic rings. The highest BCUT2D eigenvalue weighted by Crippen LogP contribution is 2.27. The summed E-state index contributed by atoms with van der Waals surface area (Å²) in [6.07, 6.45) is 4.58. The van der Waals surface area contributed by atoms with Crippen molar-refractivity contribution in [3.05, 3.63) is 58.0 Å². The van der Waals surface area contributed by atoms with Crippen molar-refractivity contribution < 1.29 is 39.4 Å². The summed E-state index contributed by atoms with van der Waals surface area (Å²) in [5, 5.41) is 27.1. The maximum atomic E-state index is 13.1. The molecule has 2 fully saturated rings. The van der Waals surface area contributed by atoms with E-state index in [9.17, 15) is 19.1 Å². The summed E-state index contributed by atoms with van der Waals surface area (Å²) in [4.78, 5) is 36.4. The van der Waals surface area contributed by atoms with Crippen molar-refractivity contribution in [2.45, 2.75) is 31.4 Å². The number of thiophene rings is 1. The van der Waals surface area contributed by atoms with E-state index in [1.807, 2.05) is 22.4 Å². The van der Waals surface area contributed by atoms with Gasteiger partial charge in [-0.15, -0.1) is 11.3 Å². The number of amides is 1. The standard InChI is InChI=1S/C22H25FN2O3S.C2H2O4/c23-17-5-3-15(4-6-17)21(27)16-7-10-24(11-8-16)18-14-25(12-9-19(18)26)22(28)20-2-1-13-29-20;3-5-1-2-6-4/h1-6,13,16,18-19,26H,7-12,14H2;3-4H. The summed E-state index contributed by atoms with van der Waals surface area (Å²) in [6.45, 7) is 2.49. The molecule has 0 spiro atoms. The first-order valence-corrected chi connectivity index (χ1v) is 12.0. The van der Waals surface area contributed by atoms with Crippen LogP contribution in [0, 0.1) is 23.9 Å². The van der Waals surface area contributed by atoms with Crippen LogP contribution in [-0.2, 0) is 9.78 Å². The van der Waals surface area contributed by atoms with Gasteiger partial charge in [0.05, 0.1) is 17.0 Å². The molecule has 3 heterocycles. The molecule has 188 valence electrons. The quantitative estimate of drug-likeness (QED) is 0.251. The largest absolute Gasteiger partial charge is 0.391 e. The van der Waals surface area contributed by atoms with Crippen LogP contribution in [0.2, 0.25) is 0 Å². The molecular weight excluding hydrogens is 479 g/mol. The van der Waals surface area contributed by atoms with Gasteiger partial charge in [0.1, 0.15) is 5.82 Å². The fraction of sp³-hybridized carbons (Fsp3) is 0.417. The predicted molar refractivity (Wildman–Crippen MR) is 125 cm³/mol. The second kappa shape index (κ2) is 13.2. The van der Waals surface area contributed by atoms with E-state index in [1.165, 1.54) is 35.7 Å². The number of piperidine rings is 2. The average Bonchev–Trinajstić information content (AvgIpc) is 3.43. The maximum Gasteiger partial charge on any atom is 0.263 e. The molecule has 4 rings (SSSR count). The number of aliphatic hydroxyl groups is 1. The van der Waals surface area contributed by atoms with Gasteiger partial charge in [0.25, 0.3) is 5.91 Å². The van der Waals surface area contributed by atoms with E-state index in [0.29, 0.717) is 51.0 Å². The first kappa shape index (κ1) is 26.6. The number of hydrogen-bond donors (Lipinski definition) is 3. The van der Waals surface area contributed by atoms with Crippen LogP contribution < -0.4 is 0 Å². The SMILES string of the molecule is O=C(c1ccc(F)cc1)C1CCN(C2CN(C(=O)c3cccs3)CCC2O)CC1.OOC#COO. The summed E-state index contributed by atoms with van der Waals surface area (Å²) in [5.74, 6) is -0.341. The first-order chi connectivity index (χ1) is 16.9. The molecule has 2 atom stereocenters. The summed E-state index contributed by atoms with van der Waals surface area (Å²) in [7, 11) is 0. The van der Waals surface area contributed by atoms with Gasteiger partial charge in [-0.05, 0) is 68.1 Å².